The number of hydrogen-bond acceptors (Lipinski definition) is 1. The molecule has 20 heavy (non-hydrogen) atoms. The summed E-state index contributed by atoms with van der Waals surface area (Å²) in [6.45, 7) is 4.43. The van der Waals surface area contributed by atoms with E-state index in [4.69, 9.17) is 0 Å². The molecule has 1 N–H and O–H groups in total. The smallest absolute Gasteiger partial charge is 0.0631 e. The van der Waals surface area contributed by atoms with Crippen LogP contribution in [0.15, 0.2) is 21.1 Å². The van der Waals surface area contributed by atoms with Gasteiger partial charge in [0.2, 0.25) is 0 Å². The Balaban J connectivity index is 2.00. The van der Waals surface area contributed by atoms with Crippen molar-refractivity contribution < 1.29 is 0 Å². The SMILES string of the molecule is CCCC1CCCC(Nc2c(Br)cc(C)cc2Br)CC1. The van der Waals surface area contributed by atoms with Gasteiger partial charge < -0.3 is 5.32 Å². The van der Waals surface area contributed by atoms with E-state index in [-0.39, 0.29) is 0 Å². The van der Waals surface area contributed by atoms with Gasteiger partial charge in [0.15, 0.2) is 0 Å². The summed E-state index contributed by atoms with van der Waals surface area (Å²) in [5.41, 5.74) is 2.49. The fraction of sp³-hybridized carbons (Fsp3) is 0.647. The molecule has 1 saturated carbocycles. The van der Waals surface area contributed by atoms with Crippen LogP contribution in [0, 0.1) is 12.8 Å². The van der Waals surface area contributed by atoms with Gasteiger partial charge in [0.25, 0.3) is 0 Å². The normalized spacial score (nSPS) is 23.4. The summed E-state index contributed by atoms with van der Waals surface area (Å²) in [4.78, 5) is 0. The summed E-state index contributed by atoms with van der Waals surface area (Å²) in [5, 5.41) is 3.75. The third kappa shape index (κ3) is 4.49. The summed E-state index contributed by atoms with van der Waals surface area (Å²) < 4.78 is 2.33. The molecule has 1 aliphatic rings. The first-order valence-electron chi connectivity index (χ1n) is 7.82. The Kier molecular flexibility index (Phi) is 6.41. The summed E-state index contributed by atoms with van der Waals surface area (Å²) in [5.74, 6) is 0.955. The van der Waals surface area contributed by atoms with Gasteiger partial charge in [-0.1, -0.05) is 32.6 Å². The molecule has 2 unspecified atom stereocenters. The molecule has 1 nitrogen and oxygen atoms in total. The molecule has 2 atom stereocenters. The van der Waals surface area contributed by atoms with E-state index in [9.17, 15) is 0 Å². The van der Waals surface area contributed by atoms with Crippen molar-refractivity contribution in [1.29, 1.82) is 0 Å². The number of aryl methyl sites for hydroxylation is 1. The van der Waals surface area contributed by atoms with E-state index in [2.05, 4.69) is 63.2 Å². The molecule has 1 fully saturated rings. The van der Waals surface area contributed by atoms with Crippen LogP contribution >= 0.6 is 31.9 Å². The van der Waals surface area contributed by atoms with Crippen LogP contribution in [-0.2, 0) is 0 Å². The van der Waals surface area contributed by atoms with Crippen molar-refractivity contribution in [3.05, 3.63) is 26.6 Å². The predicted molar refractivity (Wildman–Crippen MR) is 95.5 cm³/mol. The van der Waals surface area contributed by atoms with E-state index in [1.165, 1.54) is 65.1 Å². The topological polar surface area (TPSA) is 12.0 Å². The molecule has 0 aromatic heterocycles. The van der Waals surface area contributed by atoms with Crippen molar-refractivity contribution in [1.82, 2.24) is 0 Å². The first-order valence-corrected chi connectivity index (χ1v) is 9.41. The maximum absolute atomic E-state index is 3.75. The second-order valence-electron chi connectivity index (χ2n) is 6.11. The highest BCUT2D eigenvalue weighted by Gasteiger charge is 2.19. The van der Waals surface area contributed by atoms with Gasteiger partial charge in [-0.25, -0.2) is 0 Å². The van der Waals surface area contributed by atoms with Crippen LogP contribution in [0.3, 0.4) is 0 Å². The monoisotopic (exact) mass is 401 g/mol. The highest BCUT2D eigenvalue weighted by molar-refractivity contribution is 9.11. The molecule has 0 bridgehead atoms. The third-order valence-corrected chi connectivity index (χ3v) is 5.57. The van der Waals surface area contributed by atoms with Gasteiger partial charge >= 0.3 is 0 Å². The van der Waals surface area contributed by atoms with Crippen molar-refractivity contribution in [2.75, 3.05) is 5.32 Å². The number of nitrogens with one attached hydrogen (secondary N) is 1. The molecule has 0 heterocycles. The van der Waals surface area contributed by atoms with E-state index >= 15 is 0 Å². The quantitative estimate of drug-likeness (QED) is 0.553. The molecule has 3 heteroatoms. The minimum atomic E-state index is 0.618. The van der Waals surface area contributed by atoms with Gasteiger partial charge in [0.1, 0.15) is 0 Å². The number of hydrogen-bond donors (Lipinski definition) is 1. The van der Waals surface area contributed by atoms with Crippen LogP contribution in [0.2, 0.25) is 0 Å². The third-order valence-electron chi connectivity index (χ3n) is 4.32. The Morgan fingerprint density at radius 2 is 1.80 bits per heavy atom. The number of benzene rings is 1. The Hall–Kier alpha value is -0.0200. The maximum atomic E-state index is 3.75. The Bertz CT molecular complexity index is 422. The van der Waals surface area contributed by atoms with Crippen molar-refractivity contribution in [3.63, 3.8) is 0 Å². The lowest BCUT2D eigenvalue weighted by Crippen LogP contribution is -2.19. The van der Waals surface area contributed by atoms with Crippen LogP contribution in [0.4, 0.5) is 5.69 Å². The zero-order valence-electron chi connectivity index (χ0n) is 12.5. The van der Waals surface area contributed by atoms with Gasteiger partial charge in [-0.3, -0.25) is 0 Å². The minimum Gasteiger partial charge on any atom is -0.380 e. The second-order valence-corrected chi connectivity index (χ2v) is 7.82. The fourth-order valence-corrected chi connectivity index (χ4v) is 4.91. The molecular weight excluding hydrogens is 378 g/mol. The molecule has 0 amide bonds. The highest BCUT2D eigenvalue weighted by atomic mass is 79.9. The fourth-order valence-electron chi connectivity index (χ4n) is 3.26. The van der Waals surface area contributed by atoms with E-state index in [1.807, 2.05) is 0 Å². The average molecular weight is 403 g/mol. The van der Waals surface area contributed by atoms with Crippen LogP contribution in [0.1, 0.15) is 57.4 Å². The van der Waals surface area contributed by atoms with Crippen molar-refractivity contribution in [3.8, 4) is 0 Å². The summed E-state index contributed by atoms with van der Waals surface area (Å²) >= 11 is 7.38. The Labute approximate surface area is 140 Å². The van der Waals surface area contributed by atoms with E-state index in [1.54, 1.807) is 0 Å². The predicted octanol–water partition coefficient (Wildman–Crippen LogP) is 6.68. The lowest BCUT2D eigenvalue weighted by molar-refractivity contribution is 0.422. The molecule has 112 valence electrons. The lowest BCUT2D eigenvalue weighted by atomic mass is 9.95. The molecule has 0 radical (unpaired) electrons. The molecule has 0 saturated heterocycles. The van der Waals surface area contributed by atoms with Crippen LogP contribution in [0.5, 0.6) is 0 Å². The molecule has 1 aromatic carbocycles. The molecule has 1 aliphatic carbocycles. The summed E-state index contributed by atoms with van der Waals surface area (Å²) in [6.07, 6.45) is 9.51. The highest BCUT2D eigenvalue weighted by Crippen LogP contribution is 2.35. The number of anilines is 1. The van der Waals surface area contributed by atoms with Gasteiger partial charge in [-0.2, -0.15) is 0 Å². The number of rotatable bonds is 4. The maximum Gasteiger partial charge on any atom is 0.0631 e. The lowest BCUT2D eigenvalue weighted by Gasteiger charge is -2.20. The summed E-state index contributed by atoms with van der Waals surface area (Å²) in [7, 11) is 0. The minimum absolute atomic E-state index is 0.618. The Morgan fingerprint density at radius 1 is 1.10 bits per heavy atom. The van der Waals surface area contributed by atoms with Crippen LogP contribution in [-0.4, -0.2) is 6.04 Å². The first-order chi connectivity index (χ1) is 9.60. The van der Waals surface area contributed by atoms with Gasteiger partial charge in [0.05, 0.1) is 5.69 Å². The molecule has 1 aromatic rings. The van der Waals surface area contributed by atoms with Crippen LogP contribution < -0.4 is 5.32 Å². The molecule has 2 rings (SSSR count). The van der Waals surface area contributed by atoms with E-state index < -0.39 is 0 Å². The van der Waals surface area contributed by atoms with Gasteiger partial charge in [-0.15, -0.1) is 0 Å². The Morgan fingerprint density at radius 3 is 2.45 bits per heavy atom. The molecule has 0 spiro atoms. The van der Waals surface area contributed by atoms with Crippen molar-refractivity contribution >= 4 is 37.5 Å². The second kappa shape index (κ2) is 7.84. The summed E-state index contributed by atoms with van der Waals surface area (Å²) in [6, 6.07) is 4.99. The standard InChI is InChI=1S/C17H25Br2N/c1-3-5-13-6-4-7-14(9-8-13)20-17-15(18)10-12(2)11-16(17)19/h10-11,13-14,20H,3-9H2,1-2H3. The van der Waals surface area contributed by atoms with Crippen molar-refractivity contribution in [2.24, 2.45) is 5.92 Å². The first kappa shape index (κ1) is 16.4. The molecule has 0 aliphatic heterocycles. The van der Waals surface area contributed by atoms with Crippen LogP contribution in [0.25, 0.3) is 0 Å². The molecular formula is C17H25Br2N. The van der Waals surface area contributed by atoms with Gasteiger partial charge in [-0.05, 0) is 81.7 Å². The average Bonchev–Trinajstić information content (AvgIpc) is 2.60. The largest absolute Gasteiger partial charge is 0.380 e. The van der Waals surface area contributed by atoms with Gasteiger partial charge in [0, 0.05) is 15.0 Å². The number of halogens is 2. The zero-order chi connectivity index (χ0) is 14.5. The zero-order valence-corrected chi connectivity index (χ0v) is 15.7. The van der Waals surface area contributed by atoms with E-state index in [0.29, 0.717) is 6.04 Å². The van der Waals surface area contributed by atoms with Crippen molar-refractivity contribution in [2.45, 2.75) is 64.8 Å². The van der Waals surface area contributed by atoms with E-state index in [0.717, 1.165) is 5.92 Å².